The van der Waals surface area contributed by atoms with Crippen molar-refractivity contribution in [3.63, 3.8) is 0 Å². The normalized spacial score (nSPS) is 16.7. The molecule has 2 N–H and O–H groups in total. The van der Waals surface area contributed by atoms with Crippen LogP contribution in [0.5, 0.6) is 0 Å². The van der Waals surface area contributed by atoms with Crippen LogP contribution in [-0.4, -0.2) is 23.7 Å². The van der Waals surface area contributed by atoms with Crippen LogP contribution in [0.25, 0.3) is 0 Å². The molecule has 1 aliphatic rings. The van der Waals surface area contributed by atoms with E-state index in [1.807, 2.05) is 24.3 Å². The second-order valence-electron chi connectivity index (χ2n) is 4.56. The summed E-state index contributed by atoms with van der Waals surface area (Å²) in [6.07, 6.45) is 1.18. The Morgan fingerprint density at radius 3 is 2.71 bits per heavy atom. The van der Waals surface area contributed by atoms with Gasteiger partial charge in [-0.25, -0.2) is 4.79 Å². The van der Waals surface area contributed by atoms with Crippen LogP contribution in [0, 0.1) is 0 Å². The van der Waals surface area contributed by atoms with Gasteiger partial charge in [-0.3, -0.25) is 14.9 Å². The third kappa shape index (κ3) is 2.52. The number of fused-ring (bicyclic) bond motifs is 1. The van der Waals surface area contributed by atoms with Crippen molar-refractivity contribution in [3.8, 4) is 0 Å². The lowest BCUT2D eigenvalue weighted by Gasteiger charge is -2.28. The van der Waals surface area contributed by atoms with E-state index >= 15 is 0 Å². The van der Waals surface area contributed by atoms with Crippen LogP contribution in [0.15, 0.2) is 41.0 Å². The number of carbonyl (C=O) groups excluding carboxylic acids is 2. The maximum Gasteiger partial charge on any atom is 0.339 e. The van der Waals surface area contributed by atoms with Gasteiger partial charge in [0.05, 0.1) is 12.7 Å². The predicted octanol–water partition coefficient (Wildman–Crippen LogP) is 2.02. The molecule has 1 amide bonds. The van der Waals surface area contributed by atoms with Crippen LogP contribution in [0.3, 0.4) is 0 Å². The average Bonchev–Trinajstić information content (AvgIpc) is 2.92. The molecule has 1 aromatic heterocycles. The molecule has 0 saturated carbocycles. The molecule has 3 rings (SSSR count). The Hall–Kier alpha value is -2.28. The van der Waals surface area contributed by atoms with Gasteiger partial charge in [0.2, 0.25) is 0 Å². The summed E-state index contributed by atoms with van der Waals surface area (Å²) in [5.41, 5.74) is 4.72. The summed E-state index contributed by atoms with van der Waals surface area (Å²) in [6, 6.07) is 9.09. The SMILES string of the molecule is COC(=O)c1cc2n(c1)NC(c1ccc(Br)cc1)NC2=O. The van der Waals surface area contributed by atoms with Crippen molar-refractivity contribution in [2.45, 2.75) is 6.17 Å². The number of methoxy groups -OCH3 is 1. The van der Waals surface area contributed by atoms with E-state index in [4.69, 9.17) is 0 Å². The fourth-order valence-electron chi connectivity index (χ4n) is 2.16. The molecule has 0 radical (unpaired) electrons. The van der Waals surface area contributed by atoms with E-state index in [1.165, 1.54) is 17.9 Å². The fourth-order valence-corrected chi connectivity index (χ4v) is 2.43. The molecule has 1 aliphatic heterocycles. The minimum absolute atomic E-state index is 0.253. The van der Waals surface area contributed by atoms with Crippen molar-refractivity contribution in [3.05, 3.63) is 57.8 Å². The number of nitrogens with zero attached hydrogens (tertiary/aromatic N) is 1. The Balaban J connectivity index is 1.91. The number of hydrogen-bond acceptors (Lipinski definition) is 4. The van der Waals surface area contributed by atoms with Gasteiger partial charge in [0.15, 0.2) is 0 Å². The van der Waals surface area contributed by atoms with E-state index in [1.54, 1.807) is 6.20 Å². The van der Waals surface area contributed by atoms with Crippen molar-refractivity contribution in [1.82, 2.24) is 9.99 Å². The quantitative estimate of drug-likeness (QED) is 0.813. The average molecular weight is 350 g/mol. The molecule has 0 bridgehead atoms. The van der Waals surface area contributed by atoms with Crippen LogP contribution in [-0.2, 0) is 4.74 Å². The van der Waals surface area contributed by atoms with E-state index in [9.17, 15) is 9.59 Å². The van der Waals surface area contributed by atoms with E-state index in [0.29, 0.717) is 11.3 Å². The minimum atomic E-state index is -0.480. The van der Waals surface area contributed by atoms with Gasteiger partial charge in [-0.05, 0) is 23.8 Å². The largest absolute Gasteiger partial charge is 0.465 e. The molecule has 0 spiro atoms. The Bertz CT molecular complexity index is 709. The van der Waals surface area contributed by atoms with Crippen LogP contribution >= 0.6 is 15.9 Å². The predicted molar refractivity (Wildman–Crippen MR) is 79.5 cm³/mol. The van der Waals surface area contributed by atoms with Gasteiger partial charge in [-0.1, -0.05) is 28.1 Å². The lowest BCUT2D eigenvalue weighted by molar-refractivity contribution is 0.0600. The highest BCUT2D eigenvalue weighted by Crippen LogP contribution is 2.21. The van der Waals surface area contributed by atoms with Crippen LogP contribution in [0.2, 0.25) is 0 Å². The first-order valence-corrected chi connectivity index (χ1v) is 7.01. The highest BCUT2D eigenvalue weighted by Gasteiger charge is 2.26. The number of amides is 1. The monoisotopic (exact) mass is 349 g/mol. The topological polar surface area (TPSA) is 72.4 Å². The van der Waals surface area contributed by atoms with Crippen molar-refractivity contribution in [2.24, 2.45) is 0 Å². The van der Waals surface area contributed by atoms with Gasteiger partial charge in [-0.15, -0.1) is 0 Å². The van der Waals surface area contributed by atoms with Crippen molar-refractivity contribution < 1.29 is 14.3 Å². The van der Waals surface area contributed by atoms with Gasteiger partial charge in [0, 0.05) is 10.7 Å². The Kier molecular flexibility index (Phi) is 3.42. The third-order valence-electron chi connectivity index (χ3n) is 3.22. The number of ether oxygens (including phenoxy) is 1. The van der Waals surface area contributed by atoms with Crippen LogP contribution in [0.4, 0.5) is 0 Å². The number of halogens is 1. The number of benzene rings is 1. The van der Waals surface area contributed by atoms with E-state index in [2.05, 4.69) is 31.4 Å². The molecule has 108 valence electrons. The Labute approximate surface area is 129 Å². The second-order valence-corrected chi connectivity index (χ2v) is 5.48. The molecule has 6 nitrogen and oxygen atoms in total. The standard InChI is InChI=1S/C14H12BrN3O3/c1-21-14(20)9-6-11-13(19)16-12(17-18(11)7-9)8-2-4-10(15)5-3-8/h2-7,12,17H,1H3,(H,16,19). The summed E-state index contributed by atoms with van der Waals surface area (Å²) in [5, 5.41) is 2.84. The zero-order chi connectivity index (χ0) is 15.0. The van der Waals surface area contributed by atoms with Gasteiger partial charge in [0.1, 0.15) is 11.9 Å². The highest BCUT2D eigenvalue weighted by atomic mass is 79.9. The number of esters is 1. The summed E-state index contributed by atoms with van der Waals surface area (Å²) >= 11 is 3.37. The van der Waals surface area contributed by atoms with Crippen LogP contribution in [0.1, 0.15) is 32.6 Å². The summed E-state index contributed by atoms with van der Waals surface area (Å²) in [6.45, 7) is 0. The first kappa shape index (κ1) is 13.7. The second kappa shape index (κ2) is 5.25. The molecule has 0 fully saturated rings. The van der Waals surface area contributed by atoms with Crippen molar-refractivity contribution >= 4 is 27.8 Å². The fraction of sp³-hybridized carbons (Fsp3) is 0.143. The maximum absolute atomic E-state index is 12.1. The Morgan fingerprint density at radius 2 is 2.05 bits per heavy atom. The third-order valence-corrected chi connectivity index (χ3v) is 3.75. The molecule has 1 unspecified atom stereocenters. The Morgan fingerprint density at radius 1 is 1.33 bits per heavy atom. The maximum atomic E-state index is 12.1. The molecule has 1 atom stereocenters. The van der Waals surface area contributed by atoms with Gasteiger partial charge < -0.3 is 10.1 Å². The molecule has 7 heteroatoms. The molecular formula is C14H12BrN3O3. The molecule has 21 heavy (non-hydrogen) atoms. The van der Waals surface area contributed by atoms with E-state index in [0.717, 1.165) is 10.0 Å². The minimum Gasteiger partial charge on any atom is -0.465 e. The lowest BCUT2D eigenvalue weighted by Crippen LogP contribution is -2.43. The van der Waals surface area contributed by atoms with Gasteiger partial charge in [0.25, 0.3) is 5.91 Å². The number of nitrogens with one attached hydrogen (secondary N) is 2. The van der Waals surface area contributed by atoms with Crippen LogP contribution < -0.4 is 10.7 Å². The first-order valence-electron chi connectivity index (χ1n) is 6.22. The molecular weight excluding hydrogens is 338 g/mol. The van der Waals surface area contributed by atoms with E-state index < -0.39 is 5.97 Å². The molecule has 2 heterocycles. The molecule has 0 aliphatic carbocycles. The van der Waals surface area contributed by atoms with Gasteiger partial charge >= 0.3 is 5.97 Å². The molecule has 0 saturated heterocycles. The number of aromatic nitrogens is 1. The number of hydrogen-bond donors (Lipinski definition) is 2. The summed E-state index contributed by atoms with van der Waals surface area (Å²) in [7, 11) is 1.30. The van der Waals surface area contributed by atoms with Crippen molar-refractivity contribution in [1.29, 1.82) is 0 Å². The van der Waals surface area contributed by atoms with Gasteiger partial charge in [-0.2, -0.15) is 0 Å². The number of rotatable bonds is 2. The lowest BCUT2D eigenvalue weighted by atomic mass is 10.1. The summed E-state index contributed by atoms with van der Waals surface area (Å²) in [5.74, 6) is -0.733. The number of carbonyl (C=O) groups is 2. The molecule has 1 aromatic carbocycles. The first-order chi connectivity index (χ1) is 10.1. The van der Waals surface area contributed by atoms with Crippen molar-refractivity contribution in [2.75, 3.05) is 12.5 Å². The smallest absolute Gasteiger partial charge is 0.339 e. The summed E-state index contributed by atoms with van der Waals surface area (Å²) in [4.78, 5) is 23.7. The highest BCUT2D eigenvalue weighted by molar-refractivity contribution is 9.10. The summed E-state index contributed by atoms with van der Waals surface area (Å²) < 4.78 is 7.16. The molecule has 2 aromatic rings. The zero-order valence-electron chi connectivity index (χ0n) is 11.1. The zero-order valence-corrected chi connectivity index (χ0v) is 12.7. The van der Waals surface area contributed by atoms with E-state index in [-0.39, 0.29) is 12.1 Å².